The molecule has 0 aliphatic heterocycles. The highest BCUT2D eigenvalue weighted by molar-refractivity contribution is 8.76. The van der Waals surface area contributed by atoms with Gasteiger partial charge in [-0.25, -0.2) is 0 Å². The van der Waals surface area contributed by atoms with Crippen LogP contribution >= 0.6 is 21.6 Å². The topological polar surface area (TPSA) is 18.5 Å². The van der Waals surface area contributed by atoms with Gasteiger partial charge < -0.3 is 8.85 Å². The van der Waals surface area contributed by atoms with E-state index in [0.717, 1.165) is 51.4 Å². The Morgan fingerprint density at radius 3 is 0.944 bits per heavy atom. The number of benzene rings is 2. The molecular weight excluding hydrogens is 513 g/mol. The fourth-order valence-electron chi connectivity index (χ4n) is 4.33. The maximum absolute atomic E-state index is 6.64. The third-order valence-corrected chi connectivity index (χ3v) is 9.54. The molecule has 0 bridgehead atoms. The van der Waals surface area contributed by atoms with Crippen LogP contribution in [-0.4, -0.2) is 16.6 Å². The highest BCUT2D eigenvalue weighted by atomic mass is 33.1. The lowest BCUT2D eigenvalue weighted by molar-refractivity contribution is 0.537. The maximum atomic E-state index is 6.64. The Balaban J connectivity index is 2.43. The van der Waals surface area contributed by atoms with Crippen LogP contribution < -0.4 is 8.85 Å². The molecule has 2 rings (SSSR count). The molecule has 0 amide bonds. The average molecular weight is 563 g/mol. The highest BCUT2D eigenvalue weighted by Gasteiger charge is 2.23. The Hall–Kier alpha value is -0.826. The van der Waals surface area contributed by atoms with Crippen LogP contribution in [0.1, 0.15) is 75.6 Å². The molecule has 2 nitrogen and oxygen atoms in total. The van der Waals surface area contributed by atoms with Crippen LogP contribution in [0.5, 0.6) is 11.5 Å². The zero-order chi connectivity index (χ0) is 26.9. The number of hydrogen-bond acceptors (Lipinski definition) is 4. The lowest BCUT2D eigenvalue weighted by Crippen LogP contribution is -2.30. The second kappa shape index (κ2) is 14.4. The van der Waals surface area contributed by atoms with E-state index in [1.54, 1.807) is 0 Å². The van der Waals surface area contributed by atoms with E-state index in [1.807, 2.05) is 21.6 Å². The molecule has 0 heterocycles. The molecule has 0 radical (unpaired) electrons. The number of aryl methyl sites for hydroxylation is 4. The quantitative estimate of drug-likeness (QED) is 0.159. The van der Waals surface area contributed by atoms with Gasteiger partial charge in [-0.2, -0.15) is 0 Å². The molecular formula is C30H50O2S2Si2. The lowest BCUT2D eigenvalue weighted by Gasteiger charge is -2.26. The molecule has 2 aromatic carbocycles. The van der Waals surface area contributed by atoms with Crippen LogP contribution in [0.2, 0.25) is 39.3 Å². The molecule has 6 heteroatoms. The molecule has 0 spiro atoms. The van der Waals surface area contributed by atoms with Crippen LogP contribution in [0, 0.1) is 0 Å². The van der Waals surface area contributed by atoms with Gasteiger partial charge in [-0.05, 0) is 111 Å². The molecule has 36 heavy (non-hydrogen) atoms. The van der Waals surface area contributed by atoms with Crippen molar-refractivity contribution in [3.8, 4) is 11.5 Å². The first-order chi connectivity index (χ1) is 16.9. The van der Waals surface area contributed by atoms with Crippen molar-refractivity contribution in [3.63, 3.8) is 0 Å². The normalized spacial score (nSPS) is 12.2. The smallest absolute Gasteiger partial charge is 0.242 e. The van der Waals surface area contributed by atoms with Gasteiger partial charge in [0.1, 0.15) is 11.5 Å². The lowest BCUT2D eigenvalue weighted by atomic mass is 10.0. The Bertz CT molecular complexity index is 844. The Kier molecular flexibility index (Phi) is 12.5. The predicted molar refractivity (Wildman–Crippen MR) is 169 cm³/mol. The standard InChI is InChI=1S/C30H50O2S2Si2/c1-11-15-23-19-27(20-24(16-12-2)29(23)31-35(5,6)7)33-34-28-21-25(17-13-3)30(32-36(8,9)10)26(22-28)18-14-4/h19-22H,11-18H2,1-10H3. The van der Waals surface area contributed by atoms with E-state index in [9.17, 15) is 0 Å². The van der Waals surface area contributed by atoms with Crippen molar-refractivity contribution in [3.05, 3.63) is 46.5 Å². The van der Waals surface area contributed by atoms with E-state index in [2.05, 4.69) is 91.2 Å². The van der Waals surface area contributed by atoms with E-state index in [1.165, 1.54) is 43.5 Å². The summed E-state index contributed by atoms with van der Waals surface area (Å²) in [6.07, 6.45) is 8.81. The molecule has 202 valence electrons. The Morgan fingerprint density at radius 1 is 0.500 bits per heavy atom. The minimum Gasteiger partial charge on any atom is -0.544 e. The van der Waals surface area contributed by atoms with Gasteiger partial charge in [0, 0.05) is 9.79 Å². The summed E-state index contributed by atoms with van der Waals surface area (Å²) >= 11 is 0. The molecule has 0 aliphatic carbocycles. The van der Waals surface area contributed by atoms with E-state index < -0.39 is 16.6 Å². The van der Waals surface area contributed by atoms with Crippen molar-refractivity contribution in [2.45, 2.75) is 128 Å². The first kappa shape index (κ1) is 31.4. The van der Waals surface area contributed by atoms with Gasteiger partial charge in [0.05, 0.1) is 0 Å². The highest BCUT2D eigenvalue weighted by Crippen LogP contribution is 2.44. The first-order valence-corrected chi connectivity index (χ1v) is 22.9. The molecule has 0 saturated carbocycles. The van der Waals surface area contributed by atoms with Gasteiger partial charge >= 0.3 is 0 Å². The van der Waals surface area contributed by atoms with Gasteiger partial charge in [0.2, 0.25) is 16.6 Å². The predicted octanol–water partition coefficient (Wildman–Crippen LogP) is 10.7. The minimum absolute atomic E-state index is 1.07. The van der Waals surface area contributed by atoms with Gasteiger partial charge in [-0.1, -0.05) is 75.0 Å². The zero-order valence-corrected chi connectivity index (χ0v) is 28.2. The fourth-order valence-corrected chi connectivity index (χ4v) is 8.19. The van der Waals surface area contributed by atoms with Crippen LogP contribution in [0.15, 0.2) is 34.1 Å². The molecule has 2 aromatic rings. The monoisotopic (exact) mass is 562 g/mol. The van der Waals surface area contributed by atoms with Crippen LogP contribution in [0.3, 0.4) is 0 Å². The maximum Gasteiger partial charge on any atom is 0.242 e. The zero-order valence-electron chi connectivity index (χ0n) is 24.6. The minimum atomic E-state index is -1.68. The van der Waals surface area contributed by atoms with Crippen molar-refractivity contribution >= 4 is 38.2 Å². The van der Waals surface area contributed by atoms with Crippen molar-refractivity contribution in [2.75, 3.05) is 0 Å². The van der Waals surface area contributed by atoms with Crippen molar-refractivity contribution in [2.24, 2.45) is 0 Å². The van der Waals surface area contributed by atoms with Crippen molar-refractivity contribution < 1.29 is 8.85 Å². The number of hydrogen-bond donors (Lipinski definition) is 0. The van der Waals surface area contributed by atoms with Gasteiger partial charge in [0.25, 0.3) is 0 Å². The first-order valence-electron chi connectivity index (χ1n) is 13.9. The SMILES string of the molecule is CCCc1cc(SSc2cc(CCC)c(O[Si](C)(C)C)c(CCC)c2)cc(CCC)c1O[Si](C)(C)C. The van der Waals surface area contributed by atoms with Crippen LogP contribution in [0.4, 0.5) is 0 Å². The van der Waals surface area contributed by atoms with E-state index in [0.29, 0.717) is 0 Å². The van der Waals surface area contributed by atoms with Crippen LogP contribution in [0.25, 0.3) is 0 Å². The van der Waals surface area contributed by atoms with Gasteiger partial charge in [-0.15, -0.1) is 0 Å². The molecule has 0 N–H and O–H groups in total. The average Bonchev–Trinajstić information content (AvgIpc) is 2.76. The van der Waals surface area contributed by atoms with Gasteiger partial charge in [0.15, 0.2) is 0 Å². The van der Waals surface area contributed by atoms with Crippen molar-refractivity contribution in [1.29, 1.82) is 0 Å². The molecule has 0 aromatic heterocycles. The van der Waals surface area contributed by atoms with Crippen molar-refractivity contribution in [1.82, 2.24) is 0 Å². The largest absolute Gasteiger partial charge is 0.544 e. The van der Waals surface area contributed by atoms with E-state index in [-0.39, 0.29) is 0 Å². The summed E-state index contributed by atoms with van der Waals surface area (Å²) in [4.78, 5) is 2.68. The van der Waals surface area contributed by atoms with Crippen LogP contribution in [-0.2, 0) is 25.7 Å². The molecule has 0 atom stereocenters. The summed E-state index contributed by atoms with van der Waals surface area (Å²) in [7, 11) is 0.427. The summed E-state index contributed by atoms with van der Waals surface area (Å²) in [6, 6.07) is 9.55. The second-order valence-electron chi connectivity index (χ2n) is 11.7. The molecule has 0 aliphatic rings. The third-order valence-electron chi connectivity index (χ3n) is 5.56. The Morgan fingerprint density at radius 2 is 0.750 bits per heavy atom. The Labute approximate surface area is 232 Å². The molecule has 0 saturated heterocycles. The summed E-state index contributed by atoms with van der Waals surface area (Å²) in [6.45, 7) is 22.8. The third kappa shape index (κ3) is 10.1. The second-order valence-corrected chi connectivity index (χ2v) is 22.9. The summed E-state index contributed by atoms with van der Waals surface area (Å²) in [5, 5.41) is 0. The fraction of sp³-hybridized carbons (Fsp3) is 0.600. The van der Waals surface area contributed by atoms with E-state index >= 15 is 0 Å². The molecule has 0 fully saturated rings. The van der Waals surface area contributed by atoms with E-state index in [4.69, 9.17) is 8.85 Å². The summed E-state index contributed by atoms with van der Waals surface area (Å²) in [5.74, 6) is 2.35. The summed E-state index contributed by atoms with van der Waals surface area (Å²) in [5.41, 5.74) is 5.52. The van der Waals surface area contributed by atoms with Gasteiger partial charge in [-0.3, -0.25) is 0 Å². The number of rotatable bonds is 15. The summed E-state index contributed by atoms with van der Waals surface area (Å²) < 4.78 is 13.3. The molecule has 0 unspecified atom stereocenters.